The lowest BCUT2D eigenvalue weighted by molar-refractivity contribution is -0.136. The summed E-state index contributed by atoms with van der Waals surface area (Å²) >= 11 is 6.18. The van der Waals surface area contributed by atoms with Gasteiger partial charge in [0.15, 0.2) is 0 Å². The fraction of sp³-hybridized carbons (Fsp3) is 0.200. The van der Waals surface area contributed by atoms with E-state index in [9.17, 15) is 9.59 Å². The number of nitrogens with one attached hydrogen (secondary N) is 1. The number of aryl methyl sites for hydroxylation is 1. The van der Waals surface area contributed by atoms with E-state index in [1.54, 1.807) is 31.2 Å². The third-order valence-corrected chi connectivity index (χ3v) is 4.71. The average molecular weight is 371 g/mol. The molecule has 6 heteroatoms. The minimum atomic E-state index is -0.366. The van der Waals surface area contributed by atoms with Gasteiger partial charge in [-0.2, -0.15) is 0 Å². The number of amides is 2. The van der Waals surface area contributed by atoms with Gasteiger partial charge in [0.1, 0.15) is 11.4 Å². The van der Waals surface area contributed by atoms with Crippen molar-refractivity contribution in [3.8, 4) is 5.75 Å². The molecule has 0 spiro atoms. The number of carbonyl (C=O) groups excluding carboxylic acids is 2. The molecule has 0 radical (unpaired) electrons. The molecule has 0 bridgehead atoms. The number of likely N-dealkylation sites (N-methyl/N-ethyl adjacent to an activating group) is 1. The Balaban J connectivity index is 2.14. The van der Waals surface area contributed by atoms with Crippen LogP contribution in [0.1, 0.15) is 18.1 Å². The van der Waals surface area contributed by atoms with Crippen molar-refractivity contribution in [1.29, 1.82) is 0 Å². The molecule has 1 aliphatic rings. The first kappa shape index (κ1) is 18.0. The number of halogens is 1. The van der Waals surface area contributed by atoms with Gasteiger partial charge in [-0.15, -0.1) is 0 Å². The van der Waals surface area contributed by atoms with Crippen LogP contribution in [-0.4, -0.2) is 30.4 Å². The van der Waals surface area contributed by atoms with Crippen LogP contribution in [0.3, 0.4) is 0 Å². The number of benzene rings is 2. The lowest BCUT2D eigenvalue weighted by atomic mass is 10.0. The molecular formula is C20H19ClN2O3. The van der Waals surface area contributed by atoms with E-state index in [1.165, 1.54) is 12.0 Å². The number of hydrogen-bond donors (Lipinski definition) is 1. The molecule has 0 aliphatic carbocycles. The molecule has 134 valence electrons. The summed E-state index contributed by atoms with van der Waals surface area (Å²) in [6.45, 7) is 3.95. The van der Waals surface area contributed by atoms with Crippen LogP contribution >= 0.6 is 11.6 Å². The fourth-order valence-electron chi connectivity index (χ4n) is 2.90. The number of hydrogen-bond acceptors (Lipinski definition) is 4. The number of para-hydroxylation sites is 1. The van der Waals surface area contributed by atoms with Crippen LogP contribution in [-0.2, 0) is 9.59 Å². The molecule has 5 nitrogen and oxygen atoms in total. The zero-order valence-electron chi connectivity index (χ0n) is 14.8. The highest BCUT2D eigenvalue weighted by Gasteiger charge is 2.39. The summed E-state index contributed by atoms with van der Waals surface area (Å²) in [6, 6.07) is 12.5. The summed E-state index contributed by atoms with van der Waals surface area (Å²) in [6.07, 6.45) is 0. The Morgan fingerprint density at radius 1 is 1.12 bits per heavy atom. The zero-order valence-corrected chi connectivity index (χ0v) is 15.6. The quantitative estimate of drug-likeness (QED) is 0.812. The summed E-state index contributed by atoms with van der Waals surface area (Å²) in [7, 11) is 1.53. The fourth-order valence-corrected chi connectivity index (χ4v) is 3.08. The van der Waals surface area contributed by atoms with Crippen molar-refractivity contribution in [3.05, 3.63) is 64.3 Å². The Morgan fingerprint density at radius 3 is 2.50 bits per heavy atom. The van der Waals surface area contributed by atoms with Gasteiger partial charge in [0.25, 0.3) is 11.8 Å². The first-order chi connectivity index (χ1) is 12.5. The molecule has 26 heavy (non-hydrogen) atoms. The van der Waals surface area contributed by atoms with E-state index in [-0.39, 0.29) is 24.1 Å². The largest absolute Gasteiger partial charge is 0.496 e. The highest BCUT2D eigenvalue weighted by Crippen LogP contribution is 2.35. The molecule has 0 saturated carbocycles. The van der Waals surface area contributed by atoms with E-state index in [4.69, 9.17) is 16.3 Å². The van der Waals surface area contributed by atoms with Crippen molar-refractivity contribution < 1.29 is 14.3 Å². The normalized spacial score (nSPS) is 14.2. The minimum Gasteiger partial charge on any atom is -0.496 e. The maximum absolute atomic E-state index is 12.9. The molecule has 0 fully saturated rings. The second-order valence-corrected chi connectivity index (χ2v) is 6.30. The molecule has 2 aromatic rings. The molecule has 0 aromatic heterocycles. The number of rotatable bonds is 5. The van der Waals surface area contributed by atoms with Gasteiger partial charge in [-0.05, 0) is 37.6 Å². The van der Waals surface area contributed by atoms with Crippen molar-refractivity contribution in [3.63, 3.8) is 0 Å². The van der Waals surface area contributed by atoms with Crippen LogP contribution in [0, 0.1) is 6.92 Å². The smallest absolute Gasteiger partial charge is 0.278 e. The topological polar surface area (TPSA) is 58.6 Å². The second-order valence-electron chi connectivity index (χ2n) is 5.89. The van der Waals surface area contributed by atoms with E-state index in [0.29, 0.717) is 27.6 Å². The Morgan fingerprint density at radius 2 is 1.85 bits per heavy atom. The van der Waals surface area contributed by atoms with E-state index >= 15 is 0 Å². The number of carbonyl (C=O) groups is 2. The molecule has 3 rings (SSSR count). The molecule has 0 atom stereocenters. The number of nitrogens with zero attached hydrogens (tertiary/aromatic N) is 1. The predicted molar refractivity (Wildman–Crippen MR) is 102 cm³/mol. The van der Waals surface area contributed by atoms with Crippen LogP contribution in [0.4, 0.5) is 5.69 Å². The molecule has 1 aliphatic heterocycles. The lowest BCUT2D eigenvalue weighted by Gasteiger charge is -2.12. The van der Waals surface area contributed by atoms with Gasteiger partial charge in [0.05, 0.1) is 12.7 Å². The Bertz CT molecular complexity index is 921. The van der Waals surface area contributed by atoms with E-state index in [0.717, 1.165) is 5.56 Å². The van der Waals surface area contributed by atoms with Gasteiger partial charge in [0, 0.05) is 22.8 Å². The average Bonchev–Trinajstić information content (AvgIpc) is 2.87. The first-order valence-electron chi connectivity index (χ1n) is 8.25. The molecule has 2 aromatic carbocycles. The van der Waals surface area contributed by atoms with E-state index in [1.807, 2.05) is 25.1 Å². The lowest BCUT2D eigenvalue weighted by Crippen LogP contribution is -2.32. The second kappa shape index (κ2) is 7.22. The van der Waals surface area contributed by atoms with E-state index in [2.05, 4.69) is 5.32 Å². The third kappa shape index (κ3) is 3.06. The Kier molecular flexibility index (Phi) is 5.00. The highest BCUT2D eigenvalue weighted by molar-refractivity contribution is 6.37. The summed E-state index contributed by atoms with van der Waals surface area (Å²) in [4.78, 5) is 26.9. The molecule has 1 heterocycles. The zero-order chi connectivity index (χ0) is 18.8. The number of methoxy groups -OCH3 is 1. The van der Waals surface area contributed by atoms with Crippen molar-refractivity contribution in [2.45, 2.75) is 13.8 Å². The number of ether oxygens (including phenoxy) is 1. The summed E-state index contributed by atoms with van der Waals surface area (Å²) in [5, 5.41) is 3.66. The van der Waals surface area contributed by atoms with Crippen molar-refractivity contribution in [2.75, 3.05) is 19.0 Å². The molecule has 2 amide bonds. The van der Waals surface area contributed by atoms with Gasteiger partial charge in [-0.25, -0.2) is 0 Å². The summed E-state index contributed by atoms with van der Waals surface area (Å²) < 4.78 is 5.38. The van der Waals surface area contributed by atoms with Gasteiger partial charge in [0.2, 0.25) is 0 Å². The van der Waals surface area contributed by atoms with Gasteiger partial charge in [-0.1, -0.05) is 35.9 Å². The maximum atomic E-state index is 12.9. The van der Waals surface area contributed by atoms with Gasteiger partial charge >= 0.3 is 0 Å². The van der Waals surface area contributed by atoms with Crippen LogP contribution in [0.2, 0.25) is 5.02 Å². The van der Waals surface area contributed by atoms with Crippen molar-refractivity contribution >= 4 is 34.7 Å². The first-order valence-corrected chi connectivity index (χ1v) is 8.62. The summed E-state index contributed by atoms with van der Waals surface area (Å²) in [5.74, 6) is -0.180. The van der Waals surface area contributed by atoms with Crippen molar-refractivity contribution in [1.82, 2.24) is 4.90 Å². The van der Waals surface area contributed by atoms with Crippen LogP contribution in [0.5, 0.6) is 5.75 Å². The van der Waals surface area contributed by atoms with E-state index < -0.39 is 0 Å². The molecule has 0 unspecified atom stereocenters. The number of anilines is 1. The Hall–Kier alpha value is -2.79. The predicted octanol–water partition coefficient (Wildman–Crippen LogP) is 3.87. The van der Waals surface area contributed by atoms with Crippen LogP contribution in [0.25, 0.3) is 5.57 Å². The van der Waals surface area contributed by atoms with Gasteiger partial charge in [-0.3, -0.25) is 14.5 Å². The SMILES string of the molecule is CCN1C(=O)C(Nc2ccc(C)c(Cl)c2)=C(c2ccccc2OC)C1=O. The molecular weight excluding hydrogens is 352 g/mol. The van der Waals surface area contributed by atoms with Crippen LogP contribution in [0.15, 0.2) is 48.2 Å². The van der Waals surface area contributed by atoms with Crippen LogP contribution < -0.4 is 10.1 Å². The number of imide groups is 1. The summed E-state index contributed by atoms with van der Waals surface area (Å²) in [5.41, 5.74) is 2.67. The maximum Gasteiger partial charge on any atom is 0.278 e. The highest BCUT2D eigenvalue weighted by atomic mass is 35.5. The standard InChI is InChI=1S/C20H19ClN2O3/c1-4-23-19(24)17(14-7-5-6-8-16(14)26-3)18(20(23)25)22-13-10-9-12(2)15(21)11-13/h5-11,22H,4H2,1-3H3. The Labute approximate surface area is 157 Å². The minimum absolute atomic E-state index is 0.223. The monoisotopic (exact) mass is 370 g/mol. The molecule has 0 saturated heterocycles. The molecule has 1 N–H and O–H groups in total. The third-order valence-electron chi connectivity index (χ3n) is 4.30. The van der Waals surface area contributed by atoms with Gasteiger partial charge < -0.3 is 10.1 Å². The van der Waals surface area contributed by atoms with Crippen molar-refractivity contribution in [2.24, 2.45) is 0 Å².